The molecular formula is C24H44OSr. The van der Waals surface area contributed by atoms with Crippen LogP contribution in [0.5, 0.6) is 5.75 Å². The van der Waals surface area contributed by atoms with Crippen LogP contribution in [0.1, 0.15) is 115 Å². The van der Waals surface area contributed by atoms with Gasteiger partial charge in [0.05, 0.1) is 0 Å². The molecule has 2 heteroatoms. The first-order valence-electron chi connectivity index (χ1n) is 11.1. The van der Waals surface area contributed by atoms with Crippen molar-refractivity contribution in [3.63, 3.8) is 0 Å². The quantitative estimate of drug-likeness (QED) is 0.217. The Kier molecular flexibility index (Phi) is 19.2. The van der Waals surface area contributed by atoms with Gasteiger partial charge in [0.2, 0.25) is 0 Å². The number of benzene rings is 1. The molecule has 148 valence electrons. The van der Waals surface area contributed by atoms with Crippen LogP contribution >= 0.6 is 0 Å². The molecule has 0 saturated heterocycles. The van der Waals surface area contributed by atoms with E-state index < -0.39 is 0 Å². The van der Waals surface area contributed by atoms with Crippen molar-refractivity contribution < 1.29 is 5.11 Å². The monoisotopic (exact) mass is 436 g/mol. The number of aromatic hydroxyl groups is 1. The Hall–Kier alpha value is 0.501. The SMILES string of the molecule is CCCCCCCCCc1cccc(O)c1CCCCCCCCC.[SrH2]. The Morgan fingerprint density at radius 3 is 1.62 bits per heavy atom. The van der Waals surface area contributed by atoms with Crippen LogP contribution in [0.2, 0.25) is 0 Å². The first kappa shape index (κ1) is 26.5. The number of aryl methyl sites for hydroxylation is 1. The fraction of sp³-hybridized carbons (Fsp3) is 0.750. The van der Waals surface area contributed by atoms with Crippen molar-refractivity contribution in [2.75, 3.05) is 0 Å². The molecule has 0 bridgehead atoms. The molecule has 1 aromatic rings. The minimum absolute atomic E-state index is 0. The fourth-order valence-corrected chi connectivity index (χ4v) is 3.68. The van der Waals surface area contributed by atoms with Crippen LogP contribution in [0.3, 0.4) is 0 Å². The summed E-state index contributed by atoms with van der Waals surface area (Å²) in [6, 6.07) is 6.11. The molecular weight excluding hydrogens is 392 g/mol. The zero-order valence-corrected chi connectivity index (χ0v) is 17.0. The van der Waals surface area contributed by atoms with E-state index in [0.29, 0.717) is 5.75 Å². The summed E-state index contributed by atoms with van der Waals surface area (Å²) in [4.78, 5) is 0. The van der Waals surface area contributed by atoms with E-state index in [-0.39, 0.29) is 45.5 Å². The second-order valence-electron chi connectivity index (χ2n) is 7.66. The molecule has 1 rings (SSSR count). The van der Waals surface area contributed by atoms with Gasteiger partial charge in [0.1, 0.15) is 5.75 Å². The Morgan fingerprint density at radius 2 is 1.08 bits per heavy atom. The standard InChI is InChI=1S/C24H42O.Sr.2H/c1-3-5-7-9-11-13-15-18-22-19-17-21-24(25)23(22)20-16-14-12-10-8-6-4-2;;;/h17,19,21,25H,3-16,18,20H2,1-2H3;;;. The van der Waals surface area contributed by atoms with Crippen LogP contribution in [0.25, 0.3) is 0 Å². The van der Waals surface area contributed by atoms with E-state index in [1.807, 2.05) is 12.1 Å². The van der Waals surface area contributed by atoms with E-state index in [1.54, 1.807) is 0 Å². The number of phenols is 1. The molecule has 26 heavy (non-hydrogen) atoms. The van der Waals surface area contributed by atoms with Gasteiger partial charge in [-0.2, -0.15) is 0 Å². The fourth-order valence-electron chi connectivity index (χ4n) is 3.68. The predicted molar refractivity (Wildman–Crippen MR) is 120 cm³/mol. The van der Waals surface area contributed by atoms with Gasteiger partial charge in [-0.3, -0.25) is 0 Å². The predicted octanol–water partition coefficient (Wildman–Crippen LogP) is 7.06. The summed E-state index contributed by atoms with van der Waals surface area (Å²) in [5.74, 6) is 0.520. The molecule has 0 radical (unpaired) electrons. The summed E-state index contributed by atoms with van der Waals surface area (Å²) in [6.45, 7) is 4.54. The summed E-state index contributed by atoms with van der Waals surface area (Å²) < 4.78 is 0. The van der Waals surface area contributed by atoms with Gasteiger partial charge < -0.3 is 5.11 Å². The average Bonchev–Trinajstić information content (AvgIpc) is 2.62. The summed E-state index contributed by atoms with van der Waals surface area (Å²) >= 11 is 0. The zero-order chi connectivity index (χ0) is 18.2. The number of hydrogen-bond acceptors (Lipinski definition) is 1. The summed E-state index contributed by atoms with van der Waals surface area (Å²) in [6.07, 6.45) is 21.0. The Balaban J connectivity index is 0.00000625. The van der Waals surface area contributed by atoms with Crippen molar-refractivity contribution in [1.29, 1.82) is 0 Å². The molecule has 1 aromatic carbocycles. The van der Waals surface area contributed by atoms with Crippen molar-refractivity contribution in [3.05, 3.63) is 29.3 Å². The van der Waals surface area contributed by atoms with E-state index >= 15 is 0 Å². The van der Waals surface area contributed by atoms with Crippen molar-refractivity contribution in [2.45, 2.75) is 117 Å². The van der Waals surface area contributed by atoms with Crippen molar-refractivity contribution in [1.82, 2.24) is 0 Å². The second-order valence-corrected chi connectivity index (χ2v) is 7.66. The van der Waals surface area contributed by atoms with E-state index in [2.05, 4.69) is 19.9 Å². The van der Waals surface area contributed by atoms with E-state index in [1.165, 1.54) is 101 Å². The van der Waals surface area contributed by atoms with Gasteiger partial charge in [-0.1, -0.05) is 103 Å². The molecule has 0 amide bonds. The third-order valence-electron chi connectivity index (χ3n) is 5.33. The van der Waals surface area contributed by atoms with Gasteiger partial charge in [0.15, 0.2) is 0 Å². The first-order valence-corrected chi connectivity index (χ1v) is 11.1. The molecule has 1 N–H and O–H groups in total. The Labute approximate surface area is 200 Å². The number of unbranched alkanes of at least 4 members (excludes halogenated alkanes) is 12. The first-order chi connectivity index (χ1) is 12.3. The molecule has 0 aromatic heterocycles. The molecule has 0 aliphatic rings. The van der Waals surface area contributed by atoms with Gasteiger partial charge in [-0.25, -0.2) is 0 Å². The van der Waals surface area contributed by atoms with Crippen LogP contribution in [0, 0.1) is 0 Å². The van der Waals surface area contributed by atoms with E-state index in [9.17, 15) is 5.11 Å². The molecule has 0 atom stereocenters. The van der Waals surface area contributed by atoms with E-state index in [4.69, 9.17) is 0 Å². The molecule has 0 aliphatic carbocycles. The normalized spacial score (nSPS) is 10.7. The average molecular weight is 436 g/mol. The summed E-state index contributed by atoms with van der Waals surface area (Å²) in [7, 11) is 0. The van der Waals surface area contributed by atoms with Gasteiger partial charge >= 0.3 is 45.5 Å². The molecule has 0 unspecified atom stereocenters. The molecule has 0 fully saturated rings. The number of hydrogen-bond donors (Lipinski definition) is 1. The maximum atomic E-state index is 10.3. The van der Waals surface area contributed by atoms with Gasteiger partial charge in [0, 0.05) is 0 Å². The number of phenolic OH excluding ortho intramolecular Hbond substituents is 1. The third-order valence-corrected chi connectivity index (χ3v) is 5.33. The summed E-state index contributed by atoms with van der Waals surface area (Å²) in [5, 5.41) is 10.3. The van der Waals surface area contributed by atoms with Crippen molar-refractivity contribution in [2.24, 2.45) is 0 Å². The second kappa shape index (κ2) is 18.8. The van der Waals surface area contributed by atoms with E-state index in [0.717, 1.165) is 12.8 Å². The molecule has 0 aliphatic heterocycles. The van der Waals surface area contributed by atoms with Crippen LogP contribution in [0.4, 0.5) is 0 Å². The molecule has 0 spiro atoms. The zero-order valence-electron chi connectivity index (χ0n) is 17.0. The van der Waals surface area contributed by atoms with Crippen LogP contribution < -0.4 is 0 Å². The van der Waals surface area contributed by atoms with Crippen LogP contribution in [-0.2, 0) is 12.8 Å². The Bertz CT molecular complexity index is 430. The molecule has 1 nitrogen and oxygen atoms in total. The molecule has 0 heterocycles. The van der Waals surface area contributed by atoms with Crippen LogP contribution in [-0.4, -0.2) is 50.6 Å². The van der Waals surface area contributed by atoms with Crippen molar-refractivity contribution >= 4 is 45.5 Å². The number of rotatable bonds is 16. The Morgan fingerprint density at radius 1 is 0.615 bits per heavy atom. The third kappa shape index (κ3) is 12.8. The summed E-state index contributed by atoms with van der Waals surface area (Å²) in [5.41, 5.74) is 2.61. The maximum absolute atomic E-state index is 10.3. The van der Waals surface area contributed by atoms with Gasteiger partial charge in [0.25, 0.3) is 0 Å². The topological polar surface area (TPSA) is 20.2 Å². The molecule has 0 saturated carbocycles. The van der Waals surface area contributed by atoms with Crippen LogP contribution in [0.15, 0.2) is 18.2 Å². The minimum atomic E-state index is 0. The van der Waals surface area contributed by atoms with Crippen molar-refractivity contribution in [3.8, 4) is 5.75 Å². The van der Waals surface area contributed by atoms with Gasteiger partial charge in [-0.05, 0) is 42.9 Å². The van der Waals surface area contributed by atoms with Gasteiger partial charge in [-0.15, -0.1) is 0 Å².